The van der Waals surface area contributed by atoms with Crippen LogP contribution in [0.1, 0.15) is 21.5 Å². The quantitative estimate of drug-likeness (QED) is 0.238. The second kappa shape index (κ2) is 9.73. The molecule has 1 fully saturated rings. The van der Waals surface area contributed by atoms with Crippen LogP contribution in [0.2, 0.25) is 5.02 Å². The number of amides is 1. The fourth-order valence-electron chi connectivity index (χ4n) is 2.83. The molecule has 1 heterocycles. The van der Waals surface area contributed by atoms with Crippen molar-refractivity contribution in [1.29, 1.82) is 0 Å². The maximum atomic E-state index is 12.6. The summed E-state index contributed by atoms with van der Waals surface area (Å²) in [7, 11) is 0. The largest absolute Gasteiger partial charge is 0.422 e. The van der Waals surface area contributed by atoms with Gasteiger partial charge in [0.05, 0.1) is 16.2 Å². The van der Waals surface area contributed by atoms with Gasteiger partial charge >= 0.3 is 5.97 Å². The van der Waals surface area contributed by atoms with Crippen LogP contribution in [-0.2, 0) is 4.79 Å². The Bertz CT molecular complexity index is 1260. The summed E-state index contributed by atoms with van der Waals surface area (Å²) in [4.78, 5) is 29.9. The summed E-state index contributed by atoms with van der Waals surface area (Å²) in [6.45, 7) is 1.95. The van der Waals surface area contributed by atoms with E-state index in [4.69, 9.17) is 16.3 Å². The van der Waals surface area contributed by atoms with E-state index < -0.39 is 5.97 Å². The Morgan fingerprint density at radius 1 is 1.09 bits per heavy atom. The zero-order valence-corrected chi connectivity index (χ0v) is 19.9. The highest BCUT2D eigenvalue weighted by molar-refractivity contribution is 9.10. The van der Waals surface area contributed by atoms with E-state index in [9.17, 15) is 9.59 Å². The molecule has 160 valence electrons. The van der Waals surface area contributed by atoms with Crippen LogP contribution in [0.15, 0.2) is 81.1 Å². The predicted octanol–water partition coefficient (Wildman–Crippen LogP) is 6.52. The van der Waals surface area contributed by atoms with Crippen LogP contribution in [-0.4, -0.2) is 17.0 Å². The van der Waals surface area contributed by atoms with Gasteiger partial charge in [-0.1, -0.05) is 45.2 Å². The maximum Gasteiger partial charge on any atom is 0.343 e. The number of nitrogens with one attached hydrogen (secondary N) is 1. The van der Waals surface area contributed by atoms with E-state index in [1.807, 2.05) is 19.1 Å². The van der Waals surface area contributed by atoms with Gasteiger partial charge in [0.25, 0.3) is 5.91 Å². The molecular weight excluding hydrogens is 512 g/mol. The lowest BCUT2D eigenvalue weighted by Crippen LogP contribution is -2.19. The second-order valence-electron chi connectivity index (χ2n) is 6.90. The standard InChI is InChI=1S/C24H16BrClN2O3S/c1-14-2-4-15(5-3-14)23(30)31-20-11-6-17(25)12-16(20)13-21-22(29)28-24(32-21)27-19-9-7-18(26)8-10-19/h2-13H,1H3,(H,27,28,29)/b21-13-. The number of ether oxygens (including phenoxy) is 1. The minimum Gasteiger partial charge on any atom is -0.422 e. The molecule has 1 N–H and O–H groups in total. The number of carbonyl (C=O) groups excluding carboxylic acids is 2. The lowest BCUT2D eigenvalue weighted by molar-refractivity contribution is -0.115. The molecule has 8 heteroatoms. The summed E-state index contributed by atoms with van der Waals surface area (Å²) >= 11 is 10.5. The molecule has 0 radical (unpaired) electrons. The van der Waals surface area contributed by atoms with Gasteiger partial charge in [-0.2, -0.15) is 0 Å². The number of aryl methyl sites for hydroxylation is 1. The number of thioether (sulfide) groups is 1. The van der Waals surface area contributed by atoms with Crippen molar-refractivity contribution >= 4 is 68.1 Å². The Balaban J connectivity index is 1.58. The Morgan fingerprint density at radius 2 is 1.81 bits per heavy atom. The fourth-order valence-corrected chi connectivity index (χ4v) is 4.17. The highest BCUT2D eigenvalue weighted by atomic mass is 79.9. The van der Waals surface area contributed by atoms with E-state index >= 15 is 0 Å². The third-order valence-corrected chi connectivity index (χ3v) is 6.11. The van der Waals surface area contributed by atoms with Gasteiger partial charge in [-0.25, -0.2) is 9.79 Å². The Labute approximate surface area is 202 Å². The average Bonchev–Trinajstić information content (AvgIpc) is 3.10. The molecule has 0 unspecified atom stereocenters. The molecule has 0 spiro atoms. The van der Waals surface area contributed by atoms with Gasteiger partial charge < -0.3 is 10.1 Å². The fraction of sp³-hybridized carbons (Fsp3) is 0.0417. The summed E-state index contributed by atoms with van der Waals surface area (Å²) in [6.07, 6.45) is 1.67. The molecule has 4 rings (SSSR count). The first-order valence-corrected chi connectivity index (χ1v) is 11.5. The molecule has 3 aromatic carbocycles. The summed E-state index contributed by atoms with van der Waals surface area (Å²) in [5, 5.41) is 3.81. The molecule has 1 saturated heterocycles. The van der Waals surface area contributed by atoms with Crippen LogP contribution in [0.5, 0.6) is 5.75 Å². The average molecular weight is 528 g/mol. The summed E-state index contributed by atoms with van der Waals surface area (Å²) < 4.78 is 6.41. The van der Waals surface area contributed by atoms with Crippen molar-refractivity contribution in [2.24, 2.45) is 4.99 Å². The molecule has 32 heavy (non-hydrogen) atoms. The Kier molecular flexibility index (Phi) is 6.79. The highest BCUT2D eigenvalue weighted by Crippen LogP contribution is 2.32. The zero-order valence-electron chi connectivity index (χ0n) is 16.8. The smallest absolute Gasteiger partial charge is 0.343 e. The molecule has 5 nitrogen and oxygen atoms in total. The minimum atomic E-state index is -0.472. The van der Waals surface area contributed by atoms with Crippen molar-refractivity contribution in [1.82, 2.24) is 5.32 Å². The molecule has 0 saturated carbocycles. The molecule has 0 atom stereocenters. The predicted molar refractivity (Wildman–Crippen MR) is 133 cm³/mol. The first-order valence-electron chi connectivity index (χ1n) is 9.51. The van der Waals surface area contributed by atoms with Crippen LogP contribution in [0.25, 0.3) is 6.08 Å². The number of nitrogens with zero attached hydrogens (tertiary/aromatic N) is 1. The number of halogens is 2. The van der Waals surface area contributed by atoms with Crippen molar-refractivity contribution in [3.8, 4) is 5.75 Å². The van der Waals surface area contributed by atoms with Crippen LogP contribution < -0.4 is 10.1 Å². The van der Waals surface area contributed by atoms with E-state index in [2.05, 4.69) is 26.2 Å². The number of carbonyl (C=O) groups is 2. The van der Waals surface area contributed by atoms with Gasteiger partial charge in [0.1, 0.15) is 5.75 Å². The lowest BCUT2D eigenvalue weighted by Gasteiger charge is -2.09. The number of benzene rings is 3. The van der Waals surface area contributed by atoms with Gasteiger partial charge in [-0.3, -0.25) is 4.79 Å². The van der Waals surface area contributed by atoms with Crippen LogP contribution in [0.3, 0.4) is 0 Å². The van der Waals surface area contributed by atoms with Crippen molar-refractivity contribution in [3.05, 3.63) is 97.8 Å². The van der Waals surface area contributed by atoms with Gasteiger partial charge in [0, 0.05) is 15.1 Å². The lowest BCUT2D eigenvalue weighted by atomic mass is 10.1. The number of esters is 1. The van der Waals surface area contributed by atoms with Gasteiger partial charge in [-0.05, 0) is 79.4 Å². The molecule has 0 bridgehead atoms. The molecule has 1 aliphatic rings. The van der Waals surface area contributed by atoms with Gasteiger partial charge in [0.2, 0.25) is 0 Å². The van der Waals surface area contributed by atoms with Crippen molar-refractivity contribution < 1.29 is 14.3 Å². The van der Waals surface area contributed by atoms with E-state index in [-0.39, 0.29) is 5.91 Å². The van der Waals surface area contributed by atoms with E-state index in [1.165, 1.54) is 11.8 Å². The molecule has 0 aliphatic carbocycles. The van der Waals surface area contributed by atoms with Crippen molar-refractivity contribution in [3.63, 3.8) is 0 Å². The first kappa shape index (κ1) is 22.3. The van der Waals surface area contributed by atoms with Crippen LogP contribution >= 0.6 is 39.3 Å². The highest BCUT2D eigenvalue weighted by Gasteiger charge is 2.24. The van der Waals surface area contributed by atoms with E-state index in [0.717, 1.165) is 10.0 Å². The molecule has 3 aromatic rings. The number of amidine groups is 1. The maximum absolute atomic E-state index is 12.6. The third-order valence-electron chi connectivity index (χ3n) is 4.46. The molecule has 0 aromatic heterocycles. The van der Waals surface area contributed by atoms with Crippen molar-refractivity contribution in [2.45, 2.75) is 6.92 Å². The summed E-state index contributed by atoms with van der Waals surface area (Å²) in [5.41, 5.74) is 2.76. The first-order chi connectivity index (χ1) is 15.4. The molecule has 1 amide bonds. The minimum absolute atomic E-state index is 0.279. The SMILES string of the molecule is Cc1ccc(C(=O)Oc2ccc(Br)cc2/C=C2\SC(=Nc3ccc(Cl)cc3)NC2=O)cc1. The number of hydrogen-bond donors (Lipinski definition) is 1. The number of hydrogen-bond acceptors (Lipinski definition) is 5. The van der Waals surface area contributed by atoms with Crippen LogP contribution in [0.4, 0.5) is 5.69 Å². The topological polar surface area (TPSA) is 67.8 Å². The third kappa shape index (κ3) is 5.48. The Morgan fingerprint density at radius 3 is 2.53 bits per heavy atom. The Hall–Kier alpha value is -2.87. The summed E-state index contributed by atoms with van der Waals surface area (Å²) in [5.74, 6) is -0.401. The zero-order chi connectivity index (χ0) is 22.7. The summed E-state index contributed by atoms with van der Waals surface area (Å²) in [6, 6.07) is 19.4. The van der Waals surface area contributed by atoms with Crippen LogP contribution in [0, 0.1) is 6.92 Å². The van der Waals surface area contributed by atoms with Gasteiger partial charge in [-0.15, -0.1) is 0 Å². The normalized spacial score (nSPS) is 15.8. The number of aliphatic imine (C=N–C) groups is 1. The molecule has 1 aliphatic heterocycles. The number of rotatable bonds is 4. The van der Waals surface area contributed by atoms with Crippen molar-refractivity contribution in [2.75, 3.05) is 0 Å². The van der Waals surface area contributed by atoms with Gasteiger partial charge in [0.15, 0.2) is 5.17 Å². The monoisotopic (exact) mass is 526 g/mol. The van der Waals surface area contributed by atoms with E-state index in [0.29, 0.717) is 37.7 Å². The second-order valence-corrected chi connectivity index (χ2v) is 9.28. The molecular formula is C24H16BrClN2O3S. The van der Waals surface area contributed by atoms with E-state index in [1.54, 1.807) is 60.7 Å².